The molecule has 0 spiro atoms. The number of aromatic amines is 1. The Kier molecular flexibility index (Phi) is 4.68. The molecule has 17 heavy (non-hydrogen) atoms. The van der Waals surface area contributed by atoms with E-state index in [1.165, 1.54) is 0 Å². The molecule has 1 rings (SSSR count). The number of imidazole rings is 1. The molecule has 0 aliphatic rings. The Balaban J connectivity index is 2.37. The second-order valence-corrected chi connectivity index (χ2v) is 4.17. The van der Waals surface area contributed by atoms with E-state index in [1.807, 2.05) is 6.92 Å². The van der Waals surface area contributed by atoms with Crippen LogP contribution in [0.25, 0.3) is 0 Å². The molecule has 1 heterocycles. The first-order valence-corrected chi connectivity index (χ1v) is 5.49. The molecule has 0 aliphatic carbocycles. The largest absolute Gasteiger partial charge is 0.481 e. The fourth-order valence-electron chi connectivity index (χ4n) is 1.57. The zero-order valence-corrected chi connectivity index (χ0v) is 9.93. The molecule has 1 aromatic rings. The van der Waals surface area contributed by atoms with Gasteiger partial charge in [0.25, 0.3) is 0 Å². The number of carboxylic acid groups (broad SMARTS) is 1. The summed E-state index contributed by atoms with van der Waals surface area (Å²) in [6, 6.07) is -0.200. The summed E-state index contributed by atoms with van der Waals surface area (Å²) in [4.78, 5) is 29.0. The molecule has 6 nitrogen and oxygen atoms in total. The predicted molar refractivity (Wildman–Crippen MR) is 61.2 cm³/mol. The van der Waals surface area contributed by atoms with E-state index >= 15 is 0 Å². The number of carboxylic acids is 1. The normalized spacial score (nSPS) is 14.0. The number of aromatic nitrogens is 2. The lowest BCUT2D eigenvalue weighted by Gasteiger charge is -2.13. The number of amides is 1. The lowest BCUT2D eigenvalue weighted by atomic mass is 10.0. The average molecular weight is 239 g/mol. The Bertz CT molecular complexity index is 375. The third-order valence-corrected chi connectivity index (χ3v) is 2.36. The molecule has 3 N–H and O–H groups in total. The smallest absolute Gasteiger partial charge is 0.303 e. The van der Waals surface area contributed by atoms with Gasteiger partial charge in [-0.2, -0.15) is 0 Å². The fourth-order valence-corrected chi connectivity index (χ4v) is 1.57. The molecule has 1 amide bonds. The van der Waals surface area contributed by atoms with E-state index in [2.05, 4.69) is 15.3 Å². The summed E-state index contributed by atoms with van der Waals surface area (Å²) in [7, 11) is 0. The van der Waals surface area contributed by atoms with Gasteiger partial charge < -0.3 is 15.4 Å². The zero-order chi connectivity index (χ0) is 12.8. The summed E-state index contributed by atoms with van der Waals surface area (Å²) >= 11 is 0. The van der Waals surface area contributed by atoms with Crippen molar-refractivity contribution in [2.24, 2.45) is 5.92 Å². The molecule has 2 unspecified atom stereocenters. The van der Waals surface area contributed by atoms with Crippen LogP contribution in [0.1, 0.15) is 38.6 Å². The summed E-state index contributed by atoms with van der Waals surface area (Å²) in [5, 5.41) is 11.3. The zero-order valence-electron chi connectivity index (χ0n) is 9.93. The third-order valence-electron chi connectivity index (χ3n) is 2.36. The second kappa shape index (κ2) is 6.03. The first kappa shape index (κ1) is 13.2. The van der Waals surface area contributed by atoms with Gasteiger partial charge in [0.15, 0.2) is 0 Å². The van der Waals surface area contributed by atoms with Crippen molar-refractivity contribution in [1.29, 1.82) is 0 Å². The topological polar surface area (TPSA) is 95.1 Å². The van der Waals surface area contributed by atoms with Gasteiger partial charge in [0.05, 0.1) is 6.04 Å². The number of hydrogen-bond donors (Lipinski definition) is 3. The molecule has 94 valence electrons. The van der Waals surface area contributed by atoms with E-state index in [1.54, 1.807) is 19.3 Å². The predicted octanol–water partition coefficient (Wildman–Crippen LogP) is 1.09. The maximum Gasteiger partial charge on any atom is 0.303 e. The molecular formula is C11H17N3O3. The minimum atomic E-state index is -0.885. The minimum Gasteiger partial charge on any atom is -0.481 e. The molecule has 2 atom stereocenters. The molecule has 6 heteroatoms. The number of carbonyl (C=O) groups is 2. The van der Waals surface area contributed by atoms with E-state index in [-0.39, 0.29) is 30.7 Å². The highest BCUT2D eigenvalue weighted by atomic mass is 16.4. The Hall–Kier alpha value is -1.85. The lowest BCUT2D eigenvalue weighted by molar-refractivity contribution is -0.138. The van der Waals surface area contributed by atoms with Gasteiger partial charge in [-0.1, -0.05) is 6.92 Å². The van der Waals surface area contributed by atoms with E-state index < -0.39 is 5.97 Å². The van der Waals surface area contributed by atoms with Gasteiger partial charge in [-0.05, 0) is 12.8 Å². The van der Waals surface area contributed by atoms with E-state index in [0.29, 0.717) is 5.82 Å². The summed E-state index contributed by atoms with van der Waals surface area (Å²) < 4.78 is 0. The van der Waals surface area contributed by atoms with Gasteiger partial charge in [-0.25, -0.2) is 4.98 Å². The monoisotopic (exact) mass is 239 g/mol. The summed E-state index contributed by atoms with van der Waals surface area (Å²) in [5.41, 5.74) is 0. The van der Waals surface area contributed by atoms with Crippen molar-refractivity contribution in [3.05, 3.63) is 18.2 Å². The number of nitrogens with zero attached hydrogens (tertiary/aromatic N) is 1. The maximum atomic E-state index is 11.6. The molecule has 0 saturated heterocycles. The number of carbonyl (C=O) groups excluding carboxylic acids is 1. The van der Waals surface area contributed by atoms with Crippen molar-refractivity contribution in [3.8, 4) is 0 Å². The molecule has 1 aromatic heterocycles. The molecule has 0 fully saturated rings. The van der Waals surface area contributed by atoms with Gasteiger partial charge in [0, 0.05) is 25.2 Å². The van der Waals surface area contributed by atoms with Crippen LogP contribution in [0.4, 0.5) is 0 Å². The van der Waals surface area contributed by atoms with Crippen LogP contribution in [-0.2, 0) is 9.59 Å². The van der Waals surface area contributed by atoms with Crippen molar-refractivity contribution in [1.82, 2.24) is 15.3 Å². The number of rotatable bonds is 6. The fraction of sp³-hybridized carbons (Fsp3) is 0.545. The Morgan fingerprint density at radius 2 is 2.18 bits per heavy atom. The molecule has 0 aromatic carbocycles. The molecule has 0 bridgehead atoms. The first-order valence-electron chi connectivity index (χ1n) is 5.49. The quantitative estimate of drug-likeness (QED) is 0.692. The Morgan fingerprint density at radius 1 is 1.47 bits per heavy atom. The Labute approximate surface area is 99.4 Å². The molecule has 0 saturated carbocycles. The van der Waals surface area contributed by atoms with Crippen LogP contribution in [0.2, 0.25) is 0 Å². The van der Waals surface area contributed by atoms with Gasteiger partial charge in [0.1, 0.15) is 5.82 Å². The highest BCUT2D eigenvalue weighted by Gasteiger charge is 2.15. The van der Waals surface area contributed by atoms with Crippen LogP contribution in [0.5, 0.6) is 0 Å². The van der Waals surface area contributed by atoms with Gasteiger partial charge in [0.2, 0.25) is 5.91 Å². The highest BCUT2D eigenvalue weighted by Crippen LogP contribution is 2.10. The van der Waals surface area contributed by atoms with Crippen molar-refractivity contribution < 1.29 is 14.7 Å². The standard InChI is InChI=1S/C11H17N3O3/c1-7(6-10(16)17)5-9(15)14-8(2)11-12-3-4-13-11/h3-4,7-8H,5-6H2,1-2H3,(H,12,13)(H,14,15)(H,16,17). The van der Waals surface area contributed by atoms with Crippen LogP contribution < -0.4 is 5.32 Å². The summed E-state index contributed by atoms with van der Waals surface area (Å²) in [6.45, 7) is 3.56. The maximum absolute atomic E-state index is 11.6. The highest BCUT2D eigenvalue weighted by molar-refractivity contribution is 5.77. The van der Waals surface area contributed by atoms with Crippen molar-refractivity contribution >= 4 is 11.9 Å². The Morgan fingerprint density at radius 3 is 2.71 bits per heavy atom. The van der Waals surface area contributed by atoms with Crippen molar-refractivity contribution in [3.63, 3.8) is 0 Å². The van der Waals surface area contributed by atoms with Crippen LogP contribution >= 0.6 is 0 Å². The number of H-pyrrole nitrogens is 1. The average Bonchev–Trinajstić information content (AvgIpc) is 2.67. The van der Waals surface area contributed by atoms with Crippen molar-refractivity contribution in [2.45, 2.75) is 32.7 Å². The van der Waals surface area contributed by atoms with Gasteiger partial charge >= 0.3 is 5.97 Å². The van der Waals surface area contributed by atoms with Crippen LogP contribution in [0, 0.1) is 5.92 Å². The third kappa shape index (κ3) is 4.67. The van der Waals surface area contributed by atoms with Crippen molar-refractivity contribution in [2.75, 3.05) is 0 Å². The lowest BCUT2D eigenvalue weighted by Crippen LogP contribution is -2.29. The van der Waals surface area contributed by atoms with E-state index in [9.17, 15) is 9.59 Å². The molecule has 0 aliphatic heterocycles. The van der Waals surface area contributed by atoms with Crippen LogP contribution in [0.15, 0.2) is 12.4 Å². The number of nitrogens with one attached hydrogen (secondary N) is 2. The summed E-state index contributed by atoms with van der Waals surface area (Å²) in [5.74, 6) is -0.535. The molecular weight excluding hydrogens is 222 g/mol. The SMILES string of the molecule is CC(CC(=O)O)CC(=O)NC(C)c1ncc[nH]1. The second-order valence-electron chi connectivity index (χ2n) is 4.17. The number of aliphatic carboxylic acids is 1. The first-order chi connectivity index (χ1) is 7.99. The van der Waals surface area contributed by atoms with Gasteiger partial charge in [-0.15, -0.1) is 0 Å². The van der Waals surface area contributed by atoms with Crippen LogP contribution in [-0.4, -0.2) is 27.0 Å². The number of hydrogen-bond acceptors (Lipinski definition) is 3. The molecule has 0 radical (unpaired) electrons. The minimum absolute atomic E-state index is 0.00253. The van der Waals surface area contributed by atoms with Gasteiger partial charge in [-0.3, -0.25) is 9.59 Å². The van der Waals surface area contributed by atoms with E-state index in [0.717, 1.165) is 0 Å². The van der Waals surface area contributed by atoms with Crippen LogP contribution in [0.3, 0.4) is 0 Å². The summed E-state index contributed by atoms with van der Waals surface area (Å²) in [6.07, 6.45) is 3.51. The van der Waals surface area contributed by atoms with E-state index in [4.69, 9.17) is 5.11 Å².